The molecule has 0 aliphatic heterocycles. The fourth-order valence-electron chi connectivity index (χ4n) is 1.91. The van der Waals surface area contributed by atoms with Crippen LogP contribution in [-0.2, 0) is 4.79 Å². The summed E-state index contributed by atoms with van der Waals surface area (Å²) in [5, 5.41) is 12.4. The molecule has 0 saturated carbocycles. The van der Waals surface area contributed by atoms with Gasteiger partial charge < -0.3 is 15.2 Å². The number of hydrogen-bond acceptors (Lipinski definition) is 3. The summed E-state index contributed by atoms with van der Waals surface area (Å²) in [7, 11) is 0. The number of para-hydroxylation sites is 2. The van der Waals surface area contributed by atoms with Crippen LogP contribution in [-0.4, -0.2) is 11.0 Å². The molecule has 110 valence electrons. The molecular formula is C16H16FNO3. The highest BCUT2D eigenvalue weighted by Crippen LogP contribution is 2.34. The molecule has 2 rings (SSSR count). The molecule has 4 nitrogen and oxygen atoms in total. The lowest BCUT2D eigenvalue weighted by atomic mass is 10.1. The summed E-state index contributed by atoms with van der Waals surface area (Å²) in [4.78, 5) is 11.2. The number of rotatable bonds is 4. The summed E-state index contributed by atoms with van der Waals surface area (Å²) in [6.45, 7) is 2.93. The molecule has 1 atom stereocenters. The topological polar surface area (TPSA) is 58.6 Å². The quantitative estimate of drug-likeness (QED) is 0.903. The van der Waals surface area contributed by atoms with Gasteiger partial charge in [0, 0.05) is 12.5 Å². The molecule has 1 amide bonds. The molecule has 0 saturated heterocycles. The average Bonchev–Trinajstić information content (AvgIpc) is 2.42. The zero-order valence-electron chi connectivity index (χ0n) is 11.8. The Hall–Kier alpha value is -2.40. The van der Waals surface area contributed by atoms with Gasteiger partial charge in [0.05, 0.1) is 11.8 Å². The lowest BCUT2D eigenvalue weighted by Crippen LogP contribution is -2.07. The molecule has 21 heavy (non-hydrogen) atoms. The van der Waals surface area contributed by atoms with E-state index in [-0.39, 0.29) is 5.91 Å². The molecular weight excluding hydrogens is 273 g/mol. The summed E-state index contributed by atoms with van der Waals surface area (Å²) in [6.07, 6.45) is -0.872. The van der Waals surface area contributed by atoms with Gasteiger partial charge in [-0.3, -0.25) is 4.79 Å². The van der Waals surface area contributed by atoms with Gasteiger partial charge in [0.1, 0.15) is 11.6 Å². The molecule has 0 aliphatic carbocycles. The van der Waals surface area contributed by atoms with E-state index in [1.165, 1.54) is 32.0 Å². The van der Waals surface area contributed by atoms with Crippen LogP contribution in [0.5, 0.6) is 11.5 Å². The van der Waals surface area contributed by atoms with Crippen molar-refractivity contribution in [2.75, 3.05) is 5.32 Å². The summed E-state index contributed by atoms with van der Waals surface area (Å²) in [6, 6.07) is 10.8. The van der Waals surface area contributed by atoms with E-state index in [0.29, 0.717) is 22.7 Å². The summed E-state index contributed by atoms with van der Waals surface area (Å²) < 4.78 is 19.0. The standard InChI is InChI=1S/C16H16FNO3/c1-10(19)13-9-12(17)7-8-15(13)21-16-6-4-3-5-14(16)18-11(2)20/h3-10,19H,1-2H3,(H,18,20)/t10-/m1/s1. The first-order chi connectivity index (χ1) is 9.97. The molecule has 0 fully saturated rings. The smallest absolute Gasteiger partial charge is 0.221 e. The van der Waals surface area contributed by atoms with Crippen molar-refractivity contribution in [2.45, 2.75) is 20.0 Å². The second-order valence-corrected chi connectivity index (χ2v) is 4.64. The highest BCUT2D eigenvalue weighted by atomic mass is 19.1. The van der Waals surface area contributed by atoms with Gasteiger partial charge in [-0.1, -0.05) is 12.1 Å². The van der Waals surface area contributed by atoms with Crippen molar-refractivity contribution in [3.63, 3.8) is 0 Å². The van der Waals surface area contributed by atoms with Crippen molar-refractivity contribution in [3.05, 3.63) is 53.8 Å². The molecule has 0 unspecified atom stereocenters. The Labute approximate surface area is 122 Å². The predicted octanol–water partition coefficient (Wildman–Crippen LogP) is 3.63. The van der Waals surface area contributed by atoms with E-state index in [1.807, 2.05) is 0 Å². The number of nitrogens with one attached hydrogen (secondary N) is 1. The highest BCUT2D eigenvalue weighted by molar-refractivity contribution is 5.90. The van der Waals surface area contributed by atoms with Crippen molar-refractivity contribution in [1.29, 1.82) is 0 Å². The molecule has 0 aromatic heterocycles. The normalized spacial score (nSPS) is 11.8. The van der Waals surface area contributed by atoms with Gasteiger partial charge >= 0.3 is 0 Å². The van der Waals surface area contributed by atoms with E-state index in [0.717, 1.165) is 0 Å². The van der Waals surface area contributed by atoms with Crippen LogP contribution >= 0.6 is 0 Å². The molecule has 2 aromatic rings. The van der Waals surface area contributed by atoms with Crippen LogP contribution in [0.4, 0.5) is 10.1 Å². The number of ether oxygens (including phenoxy) is 1. The minimum Gasteiger partial charge on any atom is -0.455 e. The zero-order chi connectivity index (χ0) is 15.4. The van der Waals surface area contributed by atoms with E-state index < -0.39 is 11.9 Å². The van der Waals surface area contributed by atoms with Crippen LogP contribution in [0.25, 0.3) is 0 Å². The van der Waals surface area contributed by atoms with Crippen molar-refractivity contribution in [3.8, 4) is 11.5 Å². The Morgan fingerprint density at radius 2 is 1.95 bits per heavy atom. The van der Waals surface area contributed by atoms with Gasteiger partial charge in [0.2, 0.25) is 5.91 Å². The first-order valence-corrected chi connectivity index (χ1v) is 6.49. The monoisotopic (exact) mass is 289 g/mol. The second kappa shape index (κ2) is 6.37. The van der Waals surface area contributed by atoms with Crippen LogP contribution in [0.2, 0.25) is 0 Å². The molecule has 5 heteroatoms. The maximum atomic E-state index is 13.3. The average molecular weight is 289 g/mol. The Morgan fingerprint density at radius 1 is 1.24 bits per heavy atom. The maximum Gasteiger partial charge on any atom is 0.221 e. The Morgan fingerprint density at radius 3 is 2.62 bits per heavy atom. The first kappa shape index (κ1) is 15.0. The molecule has 0 spiro atoms. The van der Waals surface area contributed by atoms with Gasteiger partial charge in [-0.2, -0.15) is 0 Å². The summed E-state index contributed by atoms with van der Waals surface area (Å²) in [5.74, 6) is 0.0831. The van der Waals surface area contributed by atoms with Crippen LogP contribution < -0.4 is 10.1 Å². The van der Waals surface area contributed by atoms with E-state index >= 15 is 0 Å². The number of anilines is 1. The third kappa shape index (κ3) is 3.79. The number of carbonyl (C=O) groups is 1. The van der Waals surface area contributed by atoms with Crippen molar-refractivity contribution >= 4 is 11.6 Å². The van der Waals surface area contributed by atoms with Gasteiger partial charge in [-0.25, -0.2) is 4.39 Å². The number of aliphatic hydroxyl groups is 1. The number of hydrogen-bond donors (Lipinski definition) is 2. The minimum atomic E-state index is -0.872. The predicted molar refractivity (Wildman–Crippen MR) is 77.9 cm³/mol. The van der Waals surface area contributed by atoms with Crippen LogP contribution in [0.15, 0.2) is 42.5 Å². The SMILES string of the molecule is CC(=O)Nc1ccccc1Oc1ccc(F)cc1[C@@H](C)O. The van der Waals surface area contributed by atoms with Gasteiger partial charge in [0.15, 0.2) is 5.75 Å². The van der Waals surface area contributed by atoms with Gasteiger partial charge in [-0.05, 0) is 37.3 Å². The maximum absolute atomic E-state index is 13.3. The second-order valence-electron chi connectivity index (χ2n) is 4.64. The largest absolute Gasteiger partial charge is 0.455 e. The molecule has 0 aliphatic rings. The number of benzene rings is 2. The molecule has 2 aromatic carbocycles. The van der Waals surface area contributed by atoms with Crippen LogP contribution in [0.3, 0.4) is 0 Å². The van der Waals surface area contributed by atoms with E-state index in [1.54, 1.807) is 24.3 Å². The number of carbonyl (C=O) groups excluding carboxylic acids is 1. The Bertz CT molecular complexity index is 656. The number of aliphatic hydroxyl groups excluding tert-OH is 1. The fourth-order valence-corrected chi connectivity index (χ4v) is 1.91. The first-order valence-electron chi connectivity index (χ1n) is 6.49. The highest BCUT2D eigenvalue weighted by Gasteiger charge is 2.13. The van der Waals surface area contributed by atoms with E-state index in [9.17, 15) is 14.3 Å². The zero-order valence-corrected chi connectivity index (χ0v) is 11.8. The number of amides is 1. The van der Waals surface area contributed by atoms with Crippen LogP contribution in [0.1, 0.15) is 25.5 Å². The van der Waals surface area contributed by atoms with Crippen molar-refractivity contribution in [1.82, 2.24) is 0 Å². The van der Waals surface area contributed by atoms with Gasteiger partial charge in [-0.15, -0.1) is 0 Å². The van der Waals surface area contributed by atoms with E-state index in [4.69, 9.17) is 4.74 Å². The summed E-state index contributed by atoms with van der Waals surface area (Å²) >= 11 is 0. The molecule has 0 radical (unpaired) electrons. The Balaban J connectivity index is 2.36. The molecule has 0 bridgehead atoms. The third-order valence-corrected chi connectivity index (χ3v) is 2.84. The van der Waals surface area contributed by atoms with Crippen molar-refractivity contribution < 1.29 is 19.0 Å². The lowest BCUT2D eigenvalue weighted by molar-refractivity contribution is -0.114. The lowest BCUT2D eigenvalue weighted by Gasteiger charge is -2.15. The minimum absolute atomic E-state index is 0.221. The Kier molecular flexibility index (Phi) is 4.55. The van der Waals surface area contributed by atoms with Crippen molar-refractivity contribution in [2.24, 2.45) is 0 Å². The number of halogens is 1. The molecule has 2 N–H and O–H groups in total. The van der Waals surface area contributed by atoms with E-state index in [2.05, 4.69) is 5.32 Å². The molecule has 0 heterocycles. The summed E-state index contributed by atoms with van der Waals surface area (Å²) in [5.41, 5.74) is 0.846. The third-order valence-electron chi connectivity index (χ3n) is 2.84. The fraction of sp³-hybridized carbons (Fsp3) is 0.188. The van der Waals surface area contributed by atoms with Crippen LogP contribution in [0, 0.1) is 5.82 Å². The van der Waals surface area contributed by atoms with Gasteiger partial charge in [0.25, 0.3) is 0 Å².